The van der Waals surface area contributed by atoms with Gasteiger partial charge in [-0.05, 0) is 19.8 Å². The van der Waals surface area contributed by atoms with Crippen molar-refractivity contribution in [2.75, 3.05) is 0 Å². The van der Waals surface area contributed by atoms with E-state index in [1.54, 1.807) is 0 Å². The van der Waals surface area contributed by atoms with Gasteiger partial charge in [-0.2, -0.15) is 4.39 Å². The van der Waals surface area contributed by atoms with E-state index in [4.69, 9.17) is 0 Å². The molecule has 0 bridgehead atoms. The third-order valence-electron chi connectivity index (χ3n) is 3.02. The molecule has 1 aliphatic rings. The highest BCUT2D eigenvalue weighted by Gasteiger charge is 2.36. The van der Waals surface area contributed by atoms with Gasteiger partial charge in [0.15, 0.2) is 0 Å². The molecule has 1 aliphatic carbocycles. The lowest BCUT2D eigenvalue weighted by molar-refractivity contribution is -0.387. The highest BCUT2D eigenvalue weighted by Crippen LogP contribution is 2.34. The summed E-state index contributed by atoms with van der Waals surface area (Å²) in [5.74, 6) is -1.90. The van der Waals surface area contributed by atoms with Crippen molar-refractivity contribution in [2.45, 2.75) is 31.8 Å². The summed E-state index contributed by atoms with van der Waals surface area (Å²) in [6.45, 7) is 2.16. The topological polar surface area (TPSA) is 55.2 Å². The van der Waals surface area contributed by atoms with Crippen molar-refractivity contribution in [3.63, 3.8) is 0 Å². The fourth-order valence-corrected chi connectivity index (χ4v) is 1.53. The Morgan fingerprint density at radius 1 is 1.41 bits per heavy atom. The lowest BCUT2D eigenvalue weighted by atomic mass is 10.1. The Labute approximate surface area is 96.8 Å². The van der Waals surface area contributed by atoms with E-state index in [0.717, 1.165) is 18.9 Å². The van der Waals surface area contributed by atoms with Gasteiger partial charge < -0.3 is 5.32 Å². The summed E-state index contributed by atoms with van der Waals surface area (Å²) in [6.07, 6.45) is 2.00. The van der Waals surface area contributed by atoms with E-state index < -0.39 is 22.2 Å². The van der Waals surface area contributed by atoms with Gasteiger partial charge in [-0.1, -0.05) is 0 Å². The molecule has 1 saturated carbocycles. The van der Waals surface area contributed by atoms with Crippen LogP contribution in [0.5, 0.6) is 0 Å². The molecule has 1 aromatic carbocycles. The Morgan fingerprint density at radius 2 is 2.06 bits per heavy atom. The summed E-state index contributed by atoms with van der Waals surface area (Å²) >= 11 is 0. The smallest absolute Gasteiger partial charge is 0.305 e. The molecule has 6 heteroatoms. The Kier molecular flexibility index (Phi) is 2.82. The van der Waals surface area contributed by atoms with E-state index >= 15 is 0 Å². The quantitative estimate of drug-likeness (QED) is 0.652. The molecule has 1 N–H and O–H groups in total. The van der Waals surface area contributed by atoms with E-state index in [9.17, 15) is 18.9 Å². The molecule has 0 spiro atoms. The third-order valence-corrected chi connectivity index (χ3v) is 3.02. The van der Waals surface area contributed by atoms with Crippen molar-refractivity contribution < 1.29 is 13.7 Å². The van der Waals surface area contributed by atoms with Crippen molar-refractivity contribution in [1.82, 2.24) is 5.32 Å². The monoisotopic (exact) mass is 242 g/mol. The van der Waals surface area contributed by atoms with Crippen LogP contribution in [0.25, 0.3) is 0 Å². The van der Waals surface area contributed by atoms with Crippen LogP contribution in [0.1, 0.15) is 25.3 Å². The second-order valence-corrected chi connectivity index (χ2v) is 4.57. The van der Waals surface area contributed by atoms with Crippen molar-refractivity contribution in [2.24, 2.45) is 0 Å². The molecule has 92 valence electrons. The summed E-state index contributed by atoms with van der Waals surface area (Å²) in [7, 11) is 0. The van der Waals surface area contributed by atoms with Gasteiger partial charge in [-0.3, -0.25) is 10.1 Å². The maximum atomic E-state index is 13.4. The van der Waals surface area contributed by atoms with Gasteiger partial charge in [-0.25, -0.2) is 4.39 Å². The third kappa shape index (κ3) is 2.58. The second kappa shape index (κ2) is 4.03. The lowest BCUT2D eigenvalue weighted by Crippen LogP contribution is -2.27. The van der Waals surface area contributed by atoms with E-state index in [2.05, 4.69) is 5.32 Å². The largest absolute Gasteiger partial charge is 0.307 e. The van der Waals surface area contributed by atoms with Crippen LogP contribution in [0.15, 0.2) is 12.1 Å². The first-order chi connectivity index (χ1) is 7.91. The fourth-order valence-electron chi connectivity index (χ4n) is 1.53. The van der Waals surface area contributed by atoms with E-state index in [0.29, 0.717) is 6.07 Å². The Hall–Kier alpha value is -1.56. The molecule has 1 fully saturated rings. The molecule has 17 heavy (non-hydrogen) atoms. The fraction of sp³-hybridized carbons (Fsp3) is 0.455. The van der Waals surface area contributed by atoms with Gasteiger partial charge in [0.1, 0.15) is 5.82 Å². The highest BCUT2D eigenvalue weighted by atomic mass is 19.1. The first kappa shape index (κ1) is 11.9. The summed E-state index contributed by atoms with van der Waals surface area (Å²) in [5, 5.41) is 13.6. The van der Waals surface area contributed by atoms with Gasteiger partial charge in [0.2, 0.25) is 5.82 Å². The van der Waals surface area contributed by atoms with Crippen molar-refractivity contribution >= 4 is 5.69 Å². The molecule has 1 aromatic rings. The number of nitro groups is 1. The molecular formula is C11H12F2N2O2. The number of hydrogen-bond donors (Lipinski definition) is 1. The Morgan fingerprint density at radius 3 is 2.59 bits per heavy atom. The minimum atomic E-state index is -1.14. The second-order valence-electron chi connectivity index (χ2n) is 4.57. The van der Waals surface area contributed by atoms with E-state index in [1.807, 2.05) is 6.92 Å². The van der Waals surface area contributed by atoms with Crippen LogP contribution in [-0.4, -0.2) is 10.5 Å². The number of nitro benzene ring substituents is 1. The summed E-state index contributed by atoms with van der Waals surface area (Å²) in [6, 6.07) is 1.51. The van der Waals surface area contributed by atoms with Gasteiger partial charge >= 0.3 is 5.69 Å². The van der Waals surface area contributed by atoms with Gasteiger partial charge in [0.25, 0.3) is 0 Å². The van der Waals surface area contributed by atoms with Crippen LogP contribution in [0, 0.1) is 21.7 Å². The molecule has 0 saturated heterocycles. The number of benzene rings is 1. The minimum absolute atomic E-state index is 0.00436. The van der Waals surface area contributed by atoms with E-state index in [-0.39, 0.29) is 17.6 Å². The molecule has 0 amide bonds. The summed E-state index contributed by atoms with van der Waals surface area (Å²) in [4.78, 5) is 9.67. The zero-order valence-electron chi connectivity index (χ0n) is 9.30. The van der Waals surface area contributed by atoms with Crippen LogP contribution in [0.4, 0.5) is 14.5 Å². The Balaban J connectivity index is 2.20. The van der Waals surface area contributed by atoms with Crippen LogP contribution in [-0.2, 0) is 6.54 Å². The van der Waals surface area contributed by atoms with Crippen molar-refractivity contribution in [1.29, 1.82) is 0 Å². The first-order valence-corrected chi connectivity index (χ1v) is 5.29. The van der Waals surface area contributed by atoms with E-state index in [1.165, 1.54) is 0 Å². The van der Waals surface area contributed by atoms with Gasteiger partial charge in [-0.15, -0.1) is 0 Å². The zero-order chi connectivity index (χ0) is 12.6. The van der Waals surface area contributed by atoms with Gasteiger partial charge in [0.05, 0.1) is 4.92 Å². The van der Waals surface area contributed by atoms with Crippen LogP contribution >= 0.6 is 0 Å². The van der Waals surface area contributed by atoms with Crippen molar-refractivity contribution in [3.8, 4) is 0 Å². The molecule has 0 atom stereocenters. The van der Waals surface area contributed by atoms with Crippen LogP contribution in [0.2, 0.25) is 0 Å². The van der Waals surface area contributed by atoms with Crippen LogP contribution < -0.4 is 5.32 Å². The molecule has 2 rings (SSSR count). The number of halogens is 2. The maximum absolute atomic E-state index is 13.4. The molecular weight excluding hydrogens is 230 g/mol. The van der Waals surface area contributed by atoms with Crippen LogP contribution in [0.3, 0.4) is 0 Å². The molecule has 4 nitrogen and oxygen atoms in total. The SMILES string of the molecule is CC1(NCc2cc([N+](=O)[O-])c(F)cc2F)CC1. The average Bonchev–Trinajstić information content (AvgIpc) is 2.95. The lowest BCUT2D eigenvalue weighted by Gasteiger charge is -2.11. The standard InChI is InChI=1S/C11H12F2N2O2/c1-11(2-3-11)14-6-7-4-10(15(16)17)9(13)5-8(7)12/h4-5,14H,2-3,6H2,1H3. The molecule has 0 unspecified atom stereocenters. The predicted molar refractivity (Wildman–Crippen MR) is 57.5 cm³/mol. The molecule has 0 heterocycles. The maximum Gasteiger partial charge on any atom is 0.305 e. The minimum Gasteiger partial charge on any atom is -0.307 e. The normalized spacial score (nSPS) is 16.9. The highest BCUT2D eigenvalue weighted by molar-refractivity contribution is 5.37. The predicted octanol–water partition coefficient (Wildman–Crippen LogP) is 2.52. The number of rotatable bonds is 4. The Bertz CT molecular complexity index is 473. The summed E-state index contributed by atoms with van der Waals surface area (Å²) < 4.78 is 26.5. The number of nitrogens with zero attached hydrogens (tertiary/aromatic N) is 1. The summed E-state index contributed by atoms with van der Waals surface area (Å²) in [5.41, 5.74) is -0.578. The molecule has 0 aromatic heterocycles. The first-order valence-electron chi connectivity index (χ1n) is 5.29. The molecule has 0 aliphatic heterocycles. The number of hydrogen-bond acceptors (Lipinski definition) is 3. The van der Waals surface area contributed by atoms with Crippen molar-refractivity contribution in [3.05, 3.63) is 39.4 Å². The molecule has 0 radical (unpaired) electrons. The average molecular weight is 242 g/mol. The number of nitrogens with one attached hydrogen (secondary N) is 1. The zero-order valence-corrected chi connectivity index (χ0v) is 9.30. The van der Waals surface area contributed by atoms with Gasteiger partial charge in [0, 0.05) is 29.8 Å².